The SMILES string of the molecule is COc1ccc(S(=O)(=O)N2Cc3ccccc3N(c3cccnc3OC)C(C)C2C(=O)OC=O)cc1. The number of hydrogen-bond acceptors (Lipinski definition) is 9. The number of ether oxygens (including phenoxy) is 3. The summed E-state index contributed by atoms with van der Waals surface area (Å²) in [4.78, 5) is 30.3. The Bertz CT molecular complexity index is 1360. The van der Waals surface area contributed by atoms with Crippen molar-refractivity contribution in [2.24, 2.45) is 0 Å². The highest BCUT2D eigenvalue weighted by Gasteiger charge is 2.46. The van der Waals surface area contributed by atoms with Crippen LogP contribution in [0.4, 0.5) is 11.4 Å². The fraction of sp³-hybridized carbons (Fsp3) is 0.240. The summed E-state index contributed by atoms with van der Waals surface area (Å²) >= 11 is 0. The van der Waals surface area contributed by atoms with E-state index < -0.39 is 28.1 Å². The number of carbonyl (C=O) groups is 2. The van der Waals surface area contributed by atoms with E-state index in [2.05, 4.69) is 4.98 Å². The zero-order chi connectivity index (χ0) is 25.9. The number of nitrogens with zero attached hydrogens (tertiary/aromatic N) is 3. The molecule has 0 amide bonds. The molecule has 10 nitrogen and oxygen atoms in total. The normalized spacial score (nSPS) is 18.0. The lowest BCUT2D eigenvalue weighted by Crippen LogP contribution is -2.54. The molecule has 36 heavy (non-hydrogen) atoms. The Morgan fingerprint density at radius 3 is 2.36 bits per heavy atom. The third-order valence-corrected chi connectivity index (χ3v) is 7.87. The van der Waals surface area contributed by atoms with Crippen molar-refractivity contribution in [1.29, 1.82) is 0 Å². The Morgan fingerprint density at radius 2 is 1.69 bits per heavy atom. The maximum Gasteiger partial charge on any atom is 0.334 e. The quantitative estimate of drug-likeness (QED) is 0.268. The second kappa shape index (κ2) is 10.3. The van der Waals surface area contributed by atoms with Crippen LogP contribution in [0.1, 0.15) is 12.5 Å². The molecule has 0 radical (unpaired) electrons. The molecule has 1 aromatic heterocycles. The van der Waals surface area contributed by atoms with Crippen molar-refractivity contribution in [3.8, 4) is 11.6 Å². The first-order valence-corrected chi connectivity index (χ1v) is 12.4. The summed E-state index contributed by atoms with van der Waals surface area (Å²) in [6.07, 6.45) is 1.56. The molecule has 188 valence electrons. The minimum Gasteiger partial charge on any atom is -0.497 e. The number of esters is 1. The molecular formula is C25H25N3O7S. The first-order chi connectivity index (χ1) is 17.3. The number of sulfonamides is 1. The number of methoxy groups -OCH3 is 2. The molecule has 0 bridgehead atoms. The Labute approximate surface area is 209 Å². The van der Waals surface area contributed by atoms with Crippen LogP contribution in [0.25, 0.3) is 0 Å². The van der Waals surface area contributed by atoms with E-state index in [1.165, 1.54) is 38.5 Å². The molecule has 1 aliphatic heterocycles. The van der Waals surface area contributed by atoms with Gasteiger partial charge >= 0.3 is 12.4 Å². The summed E-state index contributed by atoms with van der Waals surface area (Å²) in [5, 5.41) is 0. The van der Waals surface area contributed by atoms with Crippen LogP contribution >= 0.6 is 0 Å². The Hall–Kier alpha value is -3.96. The fourth-order valence-corrected chi connectivity index (χ4v) is 5.99. The maximum atomic E-state index is 13.9. The molecule has 2 unspecified atom stereocenters. The lowest BCUT2D eigenvalue weighted by atomic mass is 10.1. The average Bonchev–Trinajstić information content (AvgIpc) is 3.03. The van der Waals surface area contributed by atoms with Crippen LogP contribution in [-0.2, 0) is 30.9 Å². The Kier molecular flexibility index (Phi) is 7.22. The number of anilines is 2. The molecule has 0 fully saturated rings. The van der Waals surface area contributed by atoms with Crippen molar-refractivity contribution in [3.05, 3.63) is 72.4 Å². The summed E-state index contributed by atoms with van der Waals surface area (Å²) in [5.74, 6) is -0.237. The second-order valence-electron chi connectivity index (χ2n) is 7.97. The fourth-order valence-electron chi connectivity index (χ4n) is 4.37. The minimum absolute atomic E-state index is 0.000262. The molecule has 11 heteroatoms. The van der Waals surface area contributed by atoms with Gasteiger partial charge in [-0.15, -0.1) is 0 Å². The van der Waals surface area contributed by atoms with E-state index in [0.29, 0.717) is 22.7 Å². The van der Waals surface area contributed by atoms with Crippen molar-refractivity contribution in [2.75, 3.05) is 19.1 Å². The van der Waals surface area contributed by atoms with Gasteiger partial charge in [-0.05, 0) is 55.0 Å². The summed E-state index contributed by atoms with van der Waals surface area (Å²) in [7, 11) is -1.29. The van der Waals surface area contributed by atoms with E-state index in [9.17, 15) is 18.0 Å². The van der Waals surface area contributed by atoms with Crippen LogP contribution in [0.15, 0.2) is 71.8 Å². The van der Waals surface area contributed by atoms with Crippen LogP contribution in [0.3, 0.4) is 0 Å². The highest BCUT2D eigenvalue weighted by atomic mass is 32.2. The molecule has 0 N–H and O–H groups in total. The Balaban J connectivity index is 1.93. The summed E-state index contributed by atoms with van der Waals surface area (Å²) in [6.45, 7) is 1.54. The highest BCUT2D eigenvalue weighted by molar-refractivity contribution is 7.89. The number of para-hydroxylation sites is 1. The van der Waals surface area contributed by atoms with Crippen molar-refractivity contribution >= 4 is 33.8 Å². The van der Waals surface area contributed by atoms with E-state index in [0.717, 1.165) is 4.31 Å². The van der Waals surface area contributed by atoms with Gasteiger partial charge in [-0.1, -0.05) is 18.2 Å². The van der Waals surface area contributed by atoms with Gasteiger partial charge in [0.25, 0.3) is 0 Å². The number of rotatable bonds is 7. The molecule has 0 saturated carbocycles. The van der Waals surface area contributed by atoms with Crippen LogP contribution in [-0.4, -0.2) is 56.5 Å². The Morgan fingerprint density at radius 1 is 1.00 bits per heavy atom. The molecule has 0 saturated heterocycles. The molecular weight excluding hydrogens is 486 g/mol. The molecule has 2 heterocycles. The third-order valence-electron chi connectivity index (χ3n) is 6.03. The highest BCUT2D eigenvalue weighted by Crippen LogP contribution is 2.41. The van der Waals surface area contributed by atoms with E-state index in [1.54, 1.807) is 42.3 Å². The van der Waals surface area contributed by atoms with Gasteiger partial charge in [0.05, 0.1) is 25.2 Å². The number of pyridine rings is 1. The first kappa shape index (κ1) is 25.1. The van der Waals surface area contributed by atoms with Crippen LogP contribution in [0, 0.1) is 0 Å². The van der Waals surface area contributed by atoms with Crippen LogP contribution in [0.2, 0.25) is 0 Å². The number of aromatic nitrogens is 1. The predicted octanol–water partition coefficient (Wildman–Crippen LogP) is 2.90. The van der Waals surface area contributed by atoms with Crippen LogP contribution in [0.5, 0.6) is 11.6 Å². The van der Waals surface area contributed by atoms with E-state index in [-0.39, 0.29) is 23.8 Å². The lowest BCUT2D eigenvalue weighted by molar-refractivity contribution is -0.155. The number of benzene rings is 2. The van der Waals surface area contributed by atoms with Gasteiger partial charge in [-0.2, -0.15) is 4.31 Å². The van der Waals surface area contributed by atoms with Crippen LogP contribution < -0.4 is 14.4 Å². The van der Waals surface area contributed by atoms with Gasteiger partial charge in [0.15, 0.2) is 0 Å². The smallest absolute Gasteiger partial charge is 0.334 e. The molecule has 1 aliphatic rings. The standard InChI is InChI=1S/C25H25N3O7S/c1-17-23(25(30)35-16-29)27(36(31,32)20-12-10-19(33-2)11-13-20)15-18-7-4-5-8-21(18)28(17)22-9-6-14-26-24(22)34-3/h4-14,16-17,23H,15H2,1-3H3. The maximum absolute atomic E-state index is 13.9. The number of hydrogen-bond donors (Lipinski definition) is 0. The second-order valence-corrected chi connectivity index (χ2v) is 9.87. The molecule has 4 rings (SSSR count). The molecule has 0 spiro atoms. The minimum atomic E-state index is -4.23. The van der Waals surface area contributed by atoms with Crippen molar-refractivity contribution in [3.63, 3.8) is 0 Å². The zero-order valence-electron chi connectivity index (χ0n) is 19.9. The number of fused-ring (bicyclic) bond motifs is 1. The van der Waals surface area contributed by atoms with Crippen molar-refractivity contribution < 1.29 is 32.2 Å². The van der Waals surface area contributed by atoms with E-state index in [1.807, 2.05) is 12.1 Å². The van der Waals surface area contributed by atoms with Gasteiger partial charge in [-0.25, -0.2) is 18.2 Å². The molecule has 2 aromatic carbocycles. The van der Waals surface area contributed by atoms with Crippen molar-refractivity contribution in [2.45, 2.75) is 30.4 Å². The van der Waals surface area contributed by atoms with Gasteiger partial charge in [0.2, 0.25) is 15.9 Å². The predicted molar refractivity (Wildman–Crippen MR) is 130 cm³/mol. The molecule has 0 aliphatic carbocycles. The van der Waals surface area contributed by atoms with Gasteiger partial charge in [-0.3, -0.25) is 4.79 Å². The monoisotopic (exact) mass is 511 g/mol. The van der Waals surface area contributed by atoms with E-state index in [4.69, 9.17) is 14.2 Å². The lowest BCUT2D eigenvalue weighted by Gasteiger charge is -2.36. The number of carbonyl (C=O) groups excluding carboxylic acids is 2. The van der Waals surface area contributed by atoms with Gasteiger partial charge < -0.3 is 19.1 Å². The van der Waals surface area contributed by atoms with Gasteiger partial charge in [0, 0.05) is 18.4 Å². The summed E-state index contributed by atoms with van der Waals surface area (Å²) in [5.41, 5.74) is 1.81. The van der Waals surface area contributed by atoms with Crippen molar-refractivity contribution in [1.82, 2.24) is 9.29 Å². The summed E-state index contributed by atoms with van der Waals surface area (Å²) < 4.78 is 44.2. The third kappa shape index (κ3) is 4.50. The molecule has 2 atom stereocenters. The van der Waals surface area contributed by atoms with E-state index >= 15 is 0 Å². The van der Waals surface area contributed by atoms with Gasteiger partial charge in [0.1, 0.15) is 17.5 Å². The average molecular weight is 512 g/mol. The zero-order valence-corrected chi connectivity index (χ0v) is 20.7. The topological polar surface area (TPSA) is 115 Å². The summed E-state index contributed by atoms with van der Waals surface area (Å²) in [6, 6.07) is 14.3. The largest absolute Gasteiger partial charge is 0.497 e. The first-order valence-electron chi connectivity index (χ1n) is 11.0. The molecule has 3 aromatic rings.